The van der Waals surface area contributed by atoms with E-state index in [2.05, 4.69) is 6.58 Å². The van der Waals surface area contributed by atoms with Gasteiger partial charge in [-0.1, -0.05) is 66.7 Å². The molecule has 126 valence electrons. The number of hydrogen-bond acceptors (Lipinski definition) is 4. The number of hydrogen-bond donors (Lipinski definition) is 1. The molecule has 2 aromatic rings. The first kappa shape index (κ1) is 18.1. The summed E-state index contributed by atoms with van der Waals surface area (Å²) in [7, 11) is 0. The highest BCUT2D eigenvalue weighted by atomic mass is 16.5. The molecule has 0 bridgehead atoms. The first-order valence-electron chi connectivity index (χ1n) is 7.81. The Morgan fingerprint density at radius 2 is 1.42 bits per heavy atom. The molecule has 1 N–H and O–H groups in total. The van der Waals surface area contributed by atoms with Gasteiger partial charge in [0.25, 0.3) is 0 Å². The van der Waals surface area contributed by atoms with E-state index < -0.39 is 18.3 Å². The van der Waals surface area contributed by atoms with E-state index in [1.807, 2.05) is 60.7 Å². The van der Waals surface area contributed by atoms with Crippen molar-refractivity contribution in [2.75, 3.05) is 0 Å². The fourth-order valence-electron chi connectivity index (χ4n) is 2.30. The number of aldehydes is 1. The van der Waals surface area contributed by atoms with Gasteiger partial charge in [0.15, 0.2) is 6.29 Å². The van der Waals surface area contributed by atoms with Crippen LogP contribution in [-0.4, -0.2) is 29.7 Å². The summed E-state index contributed by atoms with van der Waals surface area (Å²) >= 11 is 0. The van der Waals surface area contributed by atoms with Gasteiger partial charge in [-0.3, -0.25) is 0 Å². The van der Waals surface area contributed by atoms with Crippen molar-refractivity contribution in [1.82, 2.24) is 0 Å². The molecule has 0 heterocycles. The van der Waals surface area contributed by atoms with Gasteiger partial charge in [0.1, 0.15) is 18.3 Å². The molecule has 3 atom stereocenters. The number of carbonyl (C=O) groups is 1. The first-order chi connectivity index (χ1) is 11.7. The maximum absolute atomic E-state index is 11.0. The zero-order valence-electron chi connectivity index (χ0n) is 13.5. The van der Waals surface area contributed by atoms with E-state index in [0.717, 1.165) is 11.1 Å². The van der Waals surface area contributed by atoms with E-state index in [4.69, 9.17) is 9.47 Å². The monoisotopic (exact) mass is 326 g/mol. The fraction of sp³-hybridized carbons (Fsp3) is 0.250. The molecule has 2 aromatic carbocycles. The van der Waals surface area contributed by atoms with Crippen molar-refractivity contribution in [2.45, 2.75) is 31.5 Å². The molecule has 2 rings (SSSR count). The Bertz CT molecular complexity index is 612. The minimum atomic E-state index is -1.28. The van der Waals surface area contributed by atoms with Crippen LogP contribution in [0.15, 0.2) is 73.3 Å². The zero-order valence-corrected chi connectivity index (χ0v) is 13.5. The Morgan fingerprint density at radius 3 is 1.88 bits per heavy atom. The number of rotatable bonds is 10. The summed E-state index contributed by atoms with van der Waals surface area (Å²) < 4.78 is 11.5. The molecule has 0 unspecified atom stereocenters. The second-order valence-electron chi connectivity index (χ2n) is 5.38. The second kappa shape index (κ2) is 9.78. The number of carbonyl (C=O) groups excluding carboxylic acids is 1. The summed E-state index contributed by atoms with van der Waals surface area (Å²) in [5.41, 5.74) is 1.94. The van der Waals surface area contributed by atoms with Gasteiger partial charge in [-0.05, 0) is 11.1 Å². The van der Waals surface area contributed by atoms with Gasteiger partial charge in [-0.15, -0.1) is 6.58 Å². The Morgan fingerprint density at radius 1 is 0.917 bits per heavy atom. The molecule has 4 heteroatoms. The molecule has 0 saturated carbocycles. The van der Waals surface area contributed by atoms with E-state index in [0.29, 0.717) is 12.9 Å². The quantitative estimate of drug-likeness (QED) is 0.539. The van der Waals surface area contributed by atoms with E-state index in [-0.39, 0.29) is 6.61 Å². The van der Waals surface area contributed by atoms with Gasteiger partial charge in [0.05, 0.1) is 13.2 Å². The van der Waals surface area contributed by atoms with Gasteiger partial charge in [0.2, 0.25) is 0 Å². The lowest BCUT2D eigenvalue weighted by Gasteiger charge is -2.27. The molecule has 24 heavy (non-hydrogen) atoms. The summed E-state index contributed by atoms with van der Waals surface area (Å²) in [6.45, 7) is 4.35. The topological polar surface area (TPSA) is 55.8 Å². The van der Waals surface area contributed by atoms with Crippen LogP contribution < -0.4 is 0 Å². The normalized spacial score (nSPS) is 14.5. The molecule has 0 saturated heterocycles. The van der Waals surface area contributed by atoms with Gasteiger partial charge >= 0.3 is 0 Å². The van der Waals surface area contributed by atoms with Crippen LogP contribution in [-0.2, 0) is 27.5 Å². The molecule has 0 aromatic heterocycles. The van der Waals surface area contributed by atoms with Gasteiger partial charge in [-0.2, -0.15) is 0 Å². The lowest BCUT2D eigenvalue weighted by molar-refractivity contribution is -0.138. The van der Waals surface area contributed by atoms with E-state index in [9.17, 15) is 9.90 Å². The third-order valence-corrected chi connectivity index (χ3v) is 3.60. The zero-order chi connectivity index (χ0) is 17.2. The molecule has 0 radical (unpaired) electrons. The van der Waals surface area contributed by atoms with E-state index in [1.54, 1.807) is 6.08 Å². The van der Waals surface area contributed by atoms with Gasteiger partial charge in [0, 0.05) is 0 Å². The maximum Gasteiger partial charge on any atom is 0.151 e. The number of benzene rings is 2. The SMILES string of the molecule is C=C[C@H](OCc1ccccc1)[C@H](OCc1ccccc1)[C@@H](O)C=O. The van der Waals surface area contributed by atoms with Crippen molar-refractivity contribution in [1.29, 1.82) is 0 Å². The lowest BCUT2D eigenvalue weighted by Crippen LogP contribution is -2.41. The Kier molecular flexibility index (Phi) is 7.36. The van der Waals surface area contributed by atoms with Crippen LogP contribution in [0, 0.1) is 0 Å². The van der Waals surface area contributed by atoms with Crippen molar-refractivity contribution in [3.8, 4) is 0 Å². The average Bonchev–Trinajstić information content (AvgIpc) is 2.65. The third-order valence-electron chi connectivity index (χ3n) is 3.60. The number of aliphatic hydroxyl groups is 1. The minimum Gasteiger partial charge on any atom is -0.383 e. The Labute approximate surface area is 142 Å². The molecular formula is C20H22O4. The second-order valence-corrected chi connectivity index (χ2v) is 5.38. The maximum atomic E-state index is 11.0. The van der Waals surface area contributed by atoms with Crippen LogP contribution in [0.25, 0.3) is 0 Å². The Balaban J connectivity index is 2.00. The summed E-state index contributed by atoms with van der Waals surface area (Å²) in [6.07, 6.45) is -0.700. The van der Waals surface area contributed by atoms with Crippen LogP contribution >= 0.6 is 0 Å². The van der Waals surface area contributed by atoms with Gasteiger partial charge < -0.3 is 19.4 Å². The smallest absolute Gasteiger partial charge is 0.151 e. The number of aliphatic hydroxyl groups excluding tert-OH is 1. The van der Waals surface area contributed by atoms with E-state index >= 15 is 0 Å². The largest absolute Gasteiger partial charge is 0.383 e. The molecule has 0 aliphatic heterocycles. The summed E-state index contributed by atoms with van der Waals surface area (Å²) in [5.74, 6) is 0. The van der Waals surface area contributed by atoms with Crippen molar-refractivity contribution < 1.29 is 19.4 Å². The van der Waals surface area contributed by atoms with Crippen LogP contribution in [0.2, 0.25) is 0 Å². The lowest BCUT2D eigenvalue weighted by atomic mass is 10.1. The van der Waals surface area contributed by atoms with Crippen molar-refractivity contribution in [2.24, 2.45) is 0 Å². The number of ether oxygens (including phenoxy) is 2. The van der Waals surface area contributed by atoms with Crippen LogP contribution in [0.5, 0.6) is 0 Å². The van der Waals surface area contributed by atoms with Crippen molar-refractivity contribution >= 4 is 6.29 Å². The average molecular weight is 326 g/mol. The van der Waals surface area contributed by atoms with Crippen molar-refractivity contribution in [3.05, 3.63) is 84.4 Å². The summed E-state index contributed by atoms with van der Waals surface area (Å²) in [5, 5.41) is 9.97. The molecule has 4 nitrogen and oxygen atoms in total. The third kappa shape index (κ3) is 5.42. The summed E-state index contributed by atoms with van der Waals surface area (Å²) in [4.78, 5) is 11.0. The van der Waals surface area contributed by atoms with Crippen LogP contribution in [0.4, 0.5) is 0 Å². The molecule has 0 fully saturated rings. The minimum absolute atomic E-state index is 0.273. The Hall–Kier alpha value is -2.27. The van der Waals surface area contributed by atoms with Crippen LogP contribution in [0.3, 0.4) is 0 Å². The highest BCUT2D eigenvalue weighted by Gasteiger charge is 2.28. The van der Waals surface area contributed by atoms with E-state index in [1.165, 1.54) is 0 Å². The molecular weight excluding hydrogens is 304 g/mol. The van der Waals surface area contributed by atoms with Gasteiger partial charge in [-0.25, -0.2) is 0 Å². The molecule has 0 aliphatic rings. The summed E-state index contributed by atoms with van der Waals surface area (Å²) in [6, 6.07) is 19.2. The first-order valence-corrected chi connectivity index (χ1v) is 7.81. The standard InChI is InChI=1S/C20H22O4/c1-2-19(23-14-16-9-5-3-6-10-16)20(18(22)13-21)24-15-17-11-7-4-8-12-17/h2-13,18-20,22H,1,14-15H2/t18-,19-,20+/m0/s1. The molecule has 0 amide bonds. The highest BCUT2D eigenvalue weighted by Crippen LogP contribution is 2.15. The van der Waals surface area contributed by atoms with Crippen LogP contribution in [0.1, 0.15) is 11.1 Å². The predicted octanol–water partition coefficient (Wildman–Crippen LogP) is 2.90. The van der Waals surface area contributed by atoms with Crippen molar-refractivity contribution in [3.63, 3.8) is 0 Å². The highest BCUT2D eigenvalue weighted by molar-refractivity contribution is 5.57. The molecule has 0 spiro atoms. The fourth-order valence-corrected chi connectivity index (χ4v) is 2.30. The predicted molar refractivity (Wildman–Crippen MR) is 92.3 cm³/mol. The molecule has 0 aliphatic carbocycles.